The molecule has 0 aromatic carbocycles. The van der Waals surface area contributed by atoms with E-state index in [-0.39, 0.29) is 76.4 Å². The number of aromatic amines is 1. The summed E-state index contributed by atoms with van der Waals surface area (Å²) in [4.78, 5) is 35.4. The Morgan fingerprint density at radius 1 is 1.18 bits per heavy atom. The fourth-order valence-electron chi connectivity index (χ4n) is 4.15. The Hall–Kier alpha value is -2.98. The van der Waals surface area contributed by atoms with Gasteiger partial charge in [0.2, 0.25) is 5.95 Å². The van der Waals surface area contributed by atoms with Crippen LogP contribution in [0.2, 0.25) is 0 Å². The van der Waals surface area contributed by atoms with E-state index < -0.39 is 12.4 Å². The molecule has 0 amide bonds. The van der Waals surface area contributed by atoms with Crippen LogP contribution in [0.15, 0.2) is 17.4 Å². The van der Waals surface area contributed by atoms with Crippen LogP contribution in [0.4, 0.5) is 11.8 Å². The molecular weight excluding hydrogens is 574 g/mol. The summed E-state index contributed by atoms with van der Waals surface area (Å²) in [5.74, 6) is 0.499. The lowest BCUT2D eigenvalue weighted by Crippen LogP contribution is -2.16. The van der Waals surface area contributed by atoms with Gasteiger partial charge in [-0.1, -0.05) is 12.2 Å². The maximum Gasteiger partial charge on any atom is 0.386 e. The van der Waals surface area contributed by atoms with Crippen LogP contribution in [0.25, 0.3) is 22.3 Å². The number of hydrogen-bond donors (Lipinski definition) is 4. The zero-order chi connectivity index (χ0) is 27.6. The molecule has 3 atom stereocenters. The van der Waals surface area contributed by atoms with Gasteiger partial charge in [0.15, 0.2) is 31.1 Å². The zero-order valence-corrected chi connectivity index (χ0v) is 22.9. The van der Waals surface area contributed by atoms with Crippen LogP contribution < -0.4 is 17.0 Å². The minimum absolute atomic E-state index is 0.0178. The van der Waals surface area contributed by atoms with E-state index in [4.69, 9.17) is 30.0 Å². The SMILES string of the molecule is Nc1nc2c(nc(COCP=O)n2CCOP(=O)(S)OC[C@@H]2CC[C@H](n3cnc4c(N)ncnc43)O2)c(=O)[nH]1. The van der Waals surface area contributed by atoms with Crippen molar-refractivity contribution in [3.05, 3.63) is 28.8 Å². The highest BCUT2D eigenvalue weighted by Gasteiger charge is 2.31. The second-order valence-electron chi connectivity index (χ2n) is 8.38. The minimum atomic E-state index is -3.77. The number of nitrogens with two attached hydrogens (primary N) is 2. The van der Waals surface area contributed by atoms with Gasteiger partial charge in [0.1, 0.15) is 36.9 Å². The van der Waals surface area contributed by atoms with Gasteiger partial charge in [0.05, 0.1) is 25.6 Å². The van der Waals surface area contributed by atoms with Gasteiger partial charge in [-0.2, -0.15) is 4.98 Å². The van der Waals surface area contributed by atoms with Gasteiger partial charge in [-0.05, 0) is 12.8 Å². The number of hydrogen-bond acceptors (Lipinski definition) is 14. The van der Waals surface area contributed by atoms with Gasteiger partial charge in [0, 0.05) is 6.54 Å². The van der Waals surface area contributed by atoms with E-state index in [2.05, 4.69) is 42.2 Å². The van der Waals surface area contributed by atoms with Crippen molar-refractivity contribution in [3.8, 4) is 0 Å². The minimum Gasteiger partial charge on any atom is -0.382 e. The number of anilines is 2. The average molecular weight is 598 g/mol. The van der Waals surface area contributed by atoms with Crippen LogP contribution in [0.3, 0.4) is 0 Å². The standard InChI is InChI=1S/C19H24N10O7P2S/c20-15-13-16(23-7-22-15)29(8-24-13)12-2-1-10(36-12)5-35-38(32,39)34-4-3-28-11(6-33-9-37-31)25-14-17(28)26-19(21)27-18(14)30/h7-8,10,12H,1-6,9H2,(H,32,39)(H2,20,22,23)(H3,21,26,27,30)/t10-,12+,38?/m0/s1. The van der Waals surface area contributed by atoms with Crippen molar-refractivity contribution < 1.29 is 27.7 Å². The molecule has 4 aromatic heterocycles. The lowest BCUT2D eigenvalue weighted by atomic mass is 10.2. The first kappa shape index (κ1) is 27.6. The molecule has 0 spiro atoms. The fourth-order valence-corrected chi connectivity index (χ4v) is 5.50. The zero-order valence-electron chi connectivity index (χ0n) is 20.2. The van der Waals surface area contributed by atoms with Crippen LogP contribution in [0.5, 0.6) is 0 Å². The first-order valence-corrected chi connectivity index (χ1v) is 15.3. The highest BCUT2D eigenvalue weighted by Crippen LogP contribution is 2.53. The monoisotopic (exact) mass is 598 g/mol. The summed E-state index contributed by atoms with van der Waals surface area (Å²) in [5.41, 5.74) is 12.3. The summed E-state index contributed by atoms with van der Waals surface area (Å²) in [5, 5.41) is 0. The summed E-state index contributed by atoms with van der Waals surface area (Å²) in [6.07, 6.45) is 3.46. The molecule has 39 heavy (non-hydrogen) atoms. The Morgan fingerprint density at radius 2 is 2.03 bits per heavy atom. The molecule has 0 saturated carbocycles. The van der Waals surface area contributed by atoms with Crippen LogP contribution in [-0.2, 0) is 40.8 Å². The third-order valence-corrected chi connectivity index (χ3v) is 7.82. The number of thiol groups is 1. The van der Waals surface area contributed by atoms with Gasteiger partial charge < -0.3 is 25.5 Å². The molecule has 17 nitrogen and oxygen atoms in total. The lowest BCUT2D eigenvalue weighted by molar-refractivity contribution is -0.0175. The van der Waals surface area contributed by atoms with Crippen molar-refractivity contribution in [3.63, 3.8) is 0 Å². The predicted molar refractivity (Wildman–Crippen MR) is 141 cm³/mol. The van der Waals surface area contributed by atoms with E-state index in [1.165, 1.54) is 10.9 Å². The molecule has 20 heteroatoms. The predicted octanol–water partition coefficient (Wildman–Crippen LogP) is 1.64. The lowest BCUT2D eigenvalue weighted by Gasteiger charge is -2.18. The molecule has 1 aliphatic heterocycles. The van der Waals surface area contributed by atoms with Crippen LogP contribution in [0.1, 0.15) is 24.9 Å². The summed E-state index contributed by atoms with van der Waals surface area (Å²) < 4.78 is 49.0. The second-order valence-corrected chi connectivity index (χ2v) is 11.8. The number of H-pyrrole nitrogens is 1. The van der Waals surface area contributed by atoms with E-state index in [1.54, 1.807) is 10.9 Å². The van der Waals surface area contributed by atoms with Crippen molar-refractivity contribution in [2.24, 2.45) is 0 Å². The first-order valence-electron chi connectivity index (χ1n) is 11.6. The number of fused-ring (bicyclic) bond motifs is 2. The molecule has 1 aliphatic rings. The van der Waals surface area contributed by atoms with Crippen LogP contribution in [-0.4, -0.2) is 64.7 Å². The van der Waals surface area contributed by atoms with E-state index in [0.29, 0.717) is 29.8 Å². The van der Waals surface area contributed by atoms with E-state index in [1.807, 2.05) is 0 Å². The molecule has 5 N–H and O–H groups in total. The maximum atomic E-state index is 12.8. The Bertz CT molecular complexity index is 1610. The third-order valence-electron chi connectivity index (χ3n) is 5.85. The number of aromatic nitrogens is 8. The molecule has 5 heterocycles. The van der Waals surface area contributed by atoms with Crippen molar-refractivity contribution in [1.82, 2.24) is 39.0 Å². The van der Waals surface area contributed by atoms with Crippen LogP contribution in [0, 0.1) is 0 Å². The summed E-state index contributed by atoms with van der Waals surface area (Å²) in [7, 11) is -0.202. The summed E-state index contributed by atoms with van der Waals surface area (Å²) in [6.45, 7) is -3.88. The normalized spacial score (nSPS) is 19.3. The quantitative estimate of drug-likeness (QED) is 0.103. The molecule has 1 fully saturated rings. The fraction of sp³-hybridized carbons (Fsp3) is 0.474. The Kier molecular flexibility index (Phi) is 8.23. The van der Waals surface area contributed by atoms with Gasteiger partial charge in [-0.25, -0.2) is 24.5 Å². The Balaban J connectivity index is 1.18. The molecule has 0 radical (unpaired) electrons. The largest absolute Gasteiger partial charge is 0.386 e. The van der Waals surface area contributed by atoms with Gasteiger partial charge >= 0.3 is 6.80 Å². The molecule has 1 unspecified atom stereocenters. The molecule has 1 saturated heterocycles. The molecule has 208 valence electrons. The second kappa shape index (κ2) is 11.6. The van der Waals surface area contributed by atoms with E-state index in [0.717, 1.165) is 0 Å². The number of nitrogen functional groups attached to an aromatic ring is 2. The summed E-state index contributed by atoms with van der Waals surface area (Å²) in [6, 6.07) is 0. The van der Waals surface area contributed by atoms with Crippen molar-refractivity contribution in [2.45, 2.75) is 38.3 Å². The number of nitrogens with zero attached hydrogens (tertiary/aromatic N) is 7. The van der Waals surface area contributed by atoms with Crippen LogP contribution >= 0.6 is 27.5 Å². The van der Waals surface area contributed by atoms with Crippen molar-refractivity contribution in [2.75, 3.05) is 31.0 Å². The average Bonchev–Trinajstić information content (AvgIpc) is 3.61. The van der Waals surface area contributed by atoms with Gasteiger partial charge in [-0.3, -0.25) is 28.0 Å². The van der Waals surface area contributed by atoms with Crippen molar-refractivity contribution >= 4 is 61.6 Å². The molecule has 0 bridgehead atoms. The highest BCUT2D eigenvalue weighted by atomic mass is 32.7. The number of imidazole rings is 2. The van der Waals surface area contributed by atoms with E-state index >= 15 is 0 Å². The number of nitrogens with one attached hydrogen (secondary N) is 1. The maximum absolute atomic E-state index is 12.8. The smallest absolute Gasteiger partial charge is 0.382 e. The topological polar surface area (TPSA) is 230 Å². The number of ether oxygens (including phenoxy) is 2. The third kappa shape index (κ3) is 6.11. The Labute approximate surface area is 226 Å². The van der Waals surface area contributed by atoms with Gasteiger partial charge in [-0.15, -0.1) is 0 Å². The van der Waals surface area contributed by atoms with E-state index in [9.17, 15) is 13.9 Å². The molecule has 0 aliphatic carbocycles. The summed E-state index contributed by atoms with van der Waals surface area (Å²) >= 11 is 4.07. The van der Waals surface area contributed by atoms with Gasteiger partial charge in [0.25, 0.3) is 5.56 Å². The first-order chi connectivity index (χ1) is 18.8. The molecule has 4 aromatic rings. The molecular formula is C19H24N10O7P2S. The Morgan fingerprint density at radius 3 is 2.85 bits per heavy atom. The van der Waals surface area contributed by atoms with Crippen molar-refractivity contribution in [1.29, 1.82) is 0 Å². The number of rotatable bonds is 12. The highest BCUT2D eigenvalue weighted by molar-refractivity contribution is 8.44. The molecule has 5 rings (SSSR count).